The first-order chi connectivity index (χ1) is 14.5. The lowest BCUT2D eigenvalue weighted by Crippen LogP contribution is -2.32. The van der Waals surface area contributed by atoms with Gasteiger partial charge in [0.15, 0.2) is 5.75 Å². The zero-order valence-corrected chi connectivity index (χ0v) is 16.8. The Morgan fingerprint density at radius 2 is 1.47 bits per heavy atom. The molecule has 0 atom stereocenters. The first-order valence-corrected chi connectivity index (χ1v) is 9.57. The van der Waals surface area contributed by atoms with E-state index in [0.29, 0.717) is 5.06 Å². The maximum atomic E-state index is 12.8. The van der Waals surface area contributed by atoms with Crippen molar-refractivity contribution in [2.75, 3.05) is 0 Å². The summed E-state index contributed by atoms with van der Waals surface area (Å²) >= 11 is 12.3. The van der Waals surface area contributed by atoms with Crippen molar-refractivity contribution in [2.24, 2.45) is 0 Å². The van der Waals surface area contributed by atoms with E-state index in [1.807, 2.05) is 30.3 Å². The molecule has 0 saturated heterocycles. The molecule has 2 amide bonds. The molecule has 3 aromatic rings. The summed E-state index contributed by atoms with van der Waals surface area (Å²) in [5.41, 5.74) is 1.04. The van der Waals surface area contributed by atoms with E-state index < -0.39 is 17.8 Å². The molecule has 6 nitrogen and oxygen atoms in total. The summed E-state index contributed by atoms with van der Waals surface area (Å²) < 4.78 is 5.73. The Morgan fingerprint density at radius 3 is 2.10 bits per heavy atom. The minimum atomic E-state index is -1.00. The first-order valence-electron chi connectivity index (χ1n) is 8.81. The van der Waals surface area contributed by atoms with Crippen LogP contribution in [0.1, 0.15) is 36.6 Å². The molecule has 30 heavy (non-hydrogen) atoms. The van der Waals surface area contributed by atoms with Crippen LogP contribution in [0.5, 0.6) is 5.75 Å². The van der Waals surface area contributed by atoms with E-state index in [9.17, 15) is 14.4 Å². The molecule has 0 N–H and O–H groups in total. The smallest absolute Gasteiger partial charge is 0.367 e. The lowest BCUT2D eigenvalue weighted by molar-refractivity contribution is -0.0586. The number of nitrogens with zero attached hydrogens (tertiary/aromatic N) is 1. The molecule has 8 heteroatoms. The molecule has 1 aliphatic heterocycles. The number of ether oxygens (including phenoxy) is 1. The summed E-state index contributed by atoms with van der Waals surface area (Å²) in [6, 6.07) is 18.2. The third-order valence-electron chi connectivity index (χ3n) is 4.39. The molecule has 0 aliphatic carbocycles. The molecule has 0 fully saturated rings. The zero-order valence-electron chi connectivity index (χ0n) is 15.3. The standard InChI is InChI=1S/C22H13Cl2NO5/c23-14-10-17(19(18(24)11-14)29-12-13-6-2-1-3-7-13)22(28)30-25-20(26)15-8-4-5-9-16(15)21(25)27/h1-11H,12H2. The van der Waals surface area contributed by atoms with E-state index in [2.05, 4.69) is 0 Å². The fourth-order valence-corrected chi connectivity index (χ4v) is 3.52. The Labute approximate surface area is 181 Å². The zero-order chi connectivity index (χ0) is 21.3. The number of amides is 2. The molecule has 0 spiro atoms. The number of carbonyl (C=O) groups excluding carboxylic acids is 3. The number of fused-ring (bicyclic) bond motifs is 1. The normalized spacial score (nSPS) is 12.7. The fraction of sp³-hybridized carbons (Fsp3) is 0.0455. The van der Waals surface area contributed by atoms with Crippen LogP contribution in [-0.2, 0) is 11.4 Å². The molecule has 0 aromatic heterocycles. The van der Waals surface area contributed by atoms with E-state index in [-0.39, 0.29) is 39.1 Å². The highest BCUT2D eigenvalue weighted by Crippen LogP contribution is 2.34. The number of hydroxylamine groups is 2. The lowest BCUT2D eigenvalue weighted by atomic mass is 10.1. The highest BCUT2D eigenvalue weighted by molar-refractivity contribution is 6.36. The maximum absolute atomic E-state index is 12.8. The molecule has 1 heterocycles. The molecule has 3 aromatic carbocycles. The molecule has 150 valence electrons. The summed E-state index contributed by atoms with van der Waals surface area (Å²) in [7, 11) is 0. The van der Waals surface area contributed by atoms with Crippen LogP contribution in [0, 0.1) is 0 Å². The van der Waals surface area contributed by atoms with Crippen molar-refractivity contribution < 1.29 is 24.0 Å². The van der Waals surface area contributed by atoms with E-state index in [0.717, 1.165) is 5.56 Å². The van der Waals surface area contributed by atoms with Crippen molar-refractivity contribution in [1.82, 2.24) is 5.06 Å². The Morgan fingerprint density at radius 1 is 0.867 bits per heavy atom. The van der Waals surface area contributed by atoms with Crippen molar-refractivity contribution in [3.63, 3.8) is 0 Å². The van der Waals surface area contributed by atoms with Gasteiger partial charge in [0.2, 0.25) is 0 Å². The topological polar surface area (TPSA) is 72.9 Å². The Balaban J connectivity index is 1.60. The number of imide groups is 1. The number of benzene rings is 3. The monoisotopic (exact) mass is 441 g/mol. The van der Waals surface area contributed by atoms with Gasteiger partial charge in [-0.2, -0.15) is 0 Å². The molecule has 0 radical (unpaired) electrons. The maximum Gasteiger partial charge on any atom is 0.367 e. The predicted molar refractivity (Wildman–Crippen MR) is 110 cm³/mol. The Kier molecular flexibility index (Phi) is 5.44. The summed E-state index contributed by atoms with van der Waals surface area (Å²) in [5.74, 6) is -2.43. The number of rotatable bonds is 5. The van der Waals surface area contributed by atoms with Gasteiger partial charge in [-0.25, -0.2) is 4.79 Å². The van der Waals surface area contributed by atoms with Gasteiger partial charge in [0.1, 0.15) is 12.2 Å². The Hall–Kier alpha value is -3.35. The highest BCUT2D eigenvalue weighted by Gasteiger charge is 2.39. The molecule has 0 unspecified atom stereocenters. The third kappa shape index (κ3) is 3.75. The van der Waals surface area contributed by atoms with Crippen LogP contribution in [0.2, 0.25) is 10.0 Å². The molecule has 1 aliphatic rings. The van der Waals surface area contributed by atoms with Gasteiger partial charge in [-0.05, 0) is 29.8 Å². The second-order valence-corrected chi connectivity index (χ2v) is 7.21. The van der Waals surface area contributed by atoms with E-state index >= 15 is 0 Å². The molecular formula is C22H13Cl2NO5. The van der Waals surface area contributed by atoms with Crippen molar-refractivity contribution in [3.05, 3.63) is 99.0 Å². The summed E-state index contributed by atoms with van der Waals surface area (Å²) in [6.45, 7) is 0.134. The number of carbonyl (C=O) groups is 3. The number of halogens is 2. The quantitative estimate of drug-likeness (QED) is 0.524. The first kappa shape index (κ1) is 19.9. The third-order valence-corrected chi connectivity index (χ3v) is 4.88. The van der Waals surface area contributed by atoms with Crippen LogP contribution in [0.3, 0.4) is 0 Å². The van der Waals surface area contributed by atoms with E-state index in [1.54, 1.807) is 12.1 Å². The van der Waals surface area contributed by atoms with Crippen LogP contribution in [0.25, 0.3) is 0 Å². The number of hydrogen-bond donors (Lipinski definition) is 0. The van der Waals surface area contributed by atoms with Gasteiger partial charge in [-0.15, -0.1) is 0 Å². The van der Waals surface area contributed by atoms with Gasteiger partial charge in [0.05, 0.1) is 16.1 Å². The second kappa shape index (κ2) is 8.18. The van der Waals surface area contributed by atoms with Gasteiger partial charge in [0, 0.05) is 5.02 Å². The van der Waals surface area contributed by atoms with Gasteiger partial charge in [0.25, 0.3) is 11.8 Å². The summed E-state index contributed by atoms with van der Waals surface area (Å²) in [5, 5.41) is 0.678. The summed E-state index contributed by atoms with van der Waals surface area (Å²) in [6.07, 6.45) is 0. The predicted octanol–water partition coefficient (Wildman–Crippen LogP) is 4.94. The van der Waals surface area contributed by atoms with Gasteiger partial charge >= 0.3 is 5.97 Å². The van der Waals surface area contributed by atoms with Crippen molar-refractivity contribution in [1.29, 1.82) is 0 Å². The average molecular weight is 442 g/mol. The van der Waals surface area contributed by atoms with Crippen LogP contribution in [0.4, 0.5) is 0 Å². The highest BCUT2D eigenvalue weighted by atomic mass is 35.5. The van der Waals surface area contributed by atoms with E-state index in [1.165, 1.54) is 24.3 Å². The minimum Gasteiger partial charge on any atom is -0.486 e. The largest absolute Gasteiger partial charge is 0.486 e. The minimum absolute atomic E-state index is 0.0338. The summed E-state index contributed by atoms with van der Waals surface area (Å²) in [4.78, 5) is 42.8. The molecule has 0 bridgehead atoms. The Bertz CT molecular complexity index is 1130. The second-order valence-electron chi connectivity index (χ2n) is 6.37. The fourth-order valence-electron chi connectivity index (χ4n) is 2.97. The van der Waals surface area contributed by atoms with Crippen LogP contribution in [-0.4, -0.2) is 22.8 Å². The van der Waals surface area contributed by atoms with Gasteiger partial charge in [-0.3, -0.25) is 9.59 Å². The molecule has 0 saturated carbocycles. The van der Waals surface area contributed by atoms with Crippen molar-refractivity contribution in [2.45, 2.75) is 6.61 Å². The van der Waals surface area contributed by atoms with Crippen LogP contribution < -0.4 is 4.74 Å². The van der Waals surface area contributed by atoms with Crippen LogP contribution >= 0.6 is 23.2 Å². The van der Waals surface area contributed by atoms with Crippen molar-refractivity contribution >= 4 is 41.0 Å². The van der Waals surface area contributed by atoms with Crippen molar-refractivity contribution in [3.8, 4) is 5.75 Å². The van der Waals surface area contributed by atoms with E-state index in [4.69, 9.17) is 32.8 Å². The number of hydrogen-bond acceptors (Lipinski definition) is 5. The lowest BCUT2D eigenvalue weighted by Gasteiger charge is -2.16. The van der Waals surface area contributed by atoms with Gasteiger partial charge < -0.3 is 9.57 Å². The van der Waals surface area contributed by atoms with Crippen LogP contribution in [0.15, 0.2) is 66.7 Å². The molecular weight excluding hydrogens is 429 g/mol. The SMILES string of the molecule is O=C(ON1C(=O)c2ccccc2C1=O)c1cc(Cl)cc(Cl)c1OCc1ccccc1. The molecule has 4 rings (SSSR count). The average Bonchev–Trinajstić information content (AvgIpc) is 2.98. The van der Waals surface area contributed by atoms with Gasteiger partial charge in [-0.1, -0.05) is 70.7 Å².